The number of phenolic OH excluding ortho intramolecular Hbond substituents is 1. The predicted molar refractivity (Wildman–Crippen MR) is 101 cm³/mol. The van der Waals surface area contributed by atoms with Gasteiger partial charge in [0.1, 0.15) is 15.5 Å². The molecule has 0 aliphatic heterocycles. The Labute approximate surface area is 163 Å². The lowest BCUT2D eigenvalue weighted by Gasteiger charge is -2.18. The number of benzene rings is 4. The molecule has 0 heterocycles. The third-order valence-electron chi connectivity index (χ3n) is 4.56. The van der Waals surface area contributed by atoms with Gasteiger partial charge in [0, 0.05) is 16.2 Å². The van der Waals surface area contributed by atoms with Crippen LogP contribution in [-0.2, 0) is 30.4 Å². The van der Waals surface area contributed by atoms with Crippen LogP contribution < -0.4 is 0 Å². The van der Waals surface area contributed by atoms with Crippen molar-refractivity contribution in [1.82, 2.24) is 0 Å². The summed E-state index contributed by atoms with van der Waals surface area (Å²) in [5.74, 6) is -1.45. The summed E-state index contributed by atoms with van der Waals surface area (Å²) in [7, 11) is -15.8. The smallest absolute Gasteiger partial charge is 0.299 e. The third-order valence-corrected chi connectivity index (χ3v) is 7.42. The summed E-state index contributed by atoms with van der Waals surface area (Å²) in [4.78, 5) is -3.82. The normalized spacial score (nSPS) is 13.6. The molecule has 0 spiro atoms. The van der Waals surface area contributed by atoms with Gasteiger partial charge in [-0.05, 0) is 22.2 Å². The van der Waals surface area contributed by atoms with Crippen LogP contribution in [0.4, 0.5) is 0 Å². The molecule has 4 aromatic carbocycles. The van der Waals surface area contributed by atoms with Crippen molar-refractivity contribution in [2.75, 3.05) is 0 Å². The van der Waals surface area contributed by atoms with E-state index in [4.69, 9.17) is 0 Å². The van der Waals surface area contributed by atoms with Gasteiger partial charge in [-0.25, -0.2) is 0 Å². The molecule has 0 aliphatic carbocycles. The fourth-order valence-electron chi connectivity index (χ4n) is 3.59. The Balaban J connectivity index is 2.57. The van der Waals surface area contributed by atoms with Crippen LogP contribution in [0.5, 0.6) is 5.75 Å². The average molecular weight is 458 g/mol. The molecule has 29 heavy (non-hydrogen) atoms. The SMILES string of the molecule is O=S(=O)(O)c1c(S(=O)(=O)O)c2ccc3cccc4cc(S(=O)(=O)O)c(c1O)c2c34. The molecule has 10 nitrogen and oxygen atoms in total. The van der Waals surface area contributed by atoms with E-state index in [2.05, 4.69) is 0 Å². The summed E-state index contributed by atoms with van der Waals surface area (Å²) in [6.07, 6.45) is 0. The second kappa shape index (κ2) is 5.75. The molecule has 0 saturated heterocycles. The molecular formula is C16H10O10S3. The second-order valence-electron chi connectivity index (χ2n) is 6.25. The number of aromatic hydroxyl groups is 1. The van der Waals surface area contributed by atoms with Gasteiger partial charge in [0.25, 0.3) is 30.4 Å². The van der Waals surface area contributed by atoms with Crippen LogP contribution in [0.1, 0.15) is 0 Å². The first kappa shape index (κ1) is 19.8. The lowest BCUT2D eigenvalue weighted by Crippen LogP contribution is -2.11. The minimum atomic E-state index is -5.47. The van der Waals surface area contributed by atoms with Crippen molar-refractivity contribution in [3.63, 3.8) is 0 Å². The summed E-state index contributed by atoms with van der Waals surface area (Å²) in [6.45, 7) is 0. The van der Waals surface area contributed by atoms with Crippen LogP contribution >= 0.6 is 0 Å². The van der Waals surface area contributed by atoms with E-state index in [0.29, 0.717) is 5.39 Å². The molecule has 0 bridgehead atoms. The molecule has 152 valence electrons. The average Bonchev–Trinajstić information content (AvgIpc) is 2.57. The fourth-order valence-corrected chi connectivity index (χ4v) is 6.42. The van der Waals surface area contributed by atoms with Crippen molar-refractivity contribution in [1.29, 1.82) is 0 Å². The minimum Gasteiger partial charge on any atom is -0.506 e. The van der Waals surface area contributed by atoms with Gasteiger partial charge in [0.15, 0.2) is 4.90 Å². The quantitative estimate of drug-likeness (QED) is 0.262. The molecule has 0 aromatic heterocycles. The zero-order valence-electron chi connectivity index (χ0n) is 13.9. The van der Waals surface area contributed by atoms with Crippen molar-refractivity contribution < 1.29 is 44.0 Å². The first-order valence-corrected chi connectivity index (χ1v) is 11.9. The van der Waals surface area contributed by atoms with Crippen LogP contribution in [0.25, 0.3) is 32.3 Å². The lowest BCUT2D eigenvalue weighted by molar-refractivity contribution is 0.435. The van der Waals surface area contributed by atoms with Crippen molar-refractivity contribution in [3.05, 3.63) is 36.4 Å². The number of rotatable bonds is 3. The van der Waals surface area contributed by atoms with Gasteiger partial charge in [-0.3, -0.25) is 13.7 Å². The standard InChI is InChI=1S/C16H10O10S3/c17-14-13-10(27(18,19)20)6-8-3-1-2-7-4-5-9(12(13)11(7)8)15(28(21,22)23)16(14)29(24,25)26/h1-6,17H,(H,18,19,20)(H,21,22,23)(H,24,25,26). The third kappa shape index (κ3) is 2.82. The van der Waals surface area contributed by atoms with Crippen molar-refractivity contribution in [2.24, 2.45) is 0 Å². The Morgan fingerprint density at radius 2 is 1.21 bits per heavy atom. The van der Waals surface area contributed by atoms with E-state index in [1.54, 1.807) is 12.1 Å². The molecule has 0 radical (unpaired) electrons. The molecule has 4 N–H and O–H groups in total. The summed E-state index contributed by atoms with van der Waals surface area (Å²) < 4.78 is 100. The molecule has 0 unspecified atom stereocenters. The van der Waals surface area contributed by atoms with E-state index in [9.17, 15) is 44.0 Å². The summed E-state index contributed by atoms with van der Waals surface area (Å²) in [6, 6.07) is 8.06. The van der Waals surface area contributed by atoms with E-state index in [1.165, 1.54) is 12.1 Å². The number of hydrogen-bond donors (Lipinski definition) is 4. The summed E-state index contributed by atoms with van der Waals surface area (Å²) in [5, 5.41) is 10.1. The van der Waals surface area contributed by atoms with Crippen LogP contribution in [0.15, 0.2) is 51.1 Å². The maximum Gasteiger partial charge on any atom is 0.299 e. The Kier molecular flexibility index (Phi) is 3.91. The maximum atomic E-state index is 12.0. The zero-order chi connectivity index (χ0) is 21.5. The predicted octanol–water partition coefficient (Wildman–Crippen LogP) is 2.03. The molecule has 13 heteroatoms. The largest absolute Gasteiger partial charge is 0.506 e. The highest BCUT2D eigenvalue weighted by Crippen LogP contribution is 2.48. The van der Waals surface area contributed by atoms with Gasteiger partial charge < -0.3 is 5.11 Å². The van der Waals surface area contributed by atoms with E-state index in [1.807, 2.05) is 0 Å². The monoisotopic (exact) mass is 458 g/mol. The molecule has 4 aromatic rings. The Hall–Kier alpha value is -2.55. The molecule has 0 atom stereocenters. The highest BCUT2D eigenvalue weighted by molar-refractivity contribution is 7.89. The highest BCUT2D eigenvalue weighted by Gasteiger charge is 2.35. The van der Waals surface area contributed by atoms with Crippen molar-refractivity contribution in [2.45, 2.75) is 14.7 Å². The Morgan fingerprint density at radius 1 is 0.621 bits per heavy atom. The second-order valence-corrected chi connectivity index (χ2v) is 10.4. The summed E-state index contributed by atoms with van der Waals surface area (Å²) >= 11 is 0. The first-order valence-electron chi connectivity index (χ1n) is 7.62. The van der Waals surface area contributed by atoms with Crippen LogP contribution in [0, 0.1) is 0 Å². The van der Waals surface area contributed by atoms with E-state index in [0.717, 1.165) is 12.1 Å². The zero-order valence-corrected chi connectivity index (χ0v) is 16.4. The van der Waals surface area contributed by atoms with Gasteiger partial charge in [0.2, 0.25) is 0 Å². The molecule has 0 fully saturated rings. The molecule has 0 aliphatic rings. The highest BCUT2D eigenvalue weighted by atomic mass is 32.2. The summed E-state index contributed by atoms with van der Waals surface area (Å²) in [5.41, 5.74) is 0. The van der Waals surface area contributed by atoms with Crippen LogP contribution in [0.3, 0.4) is 0 Å². The lowest BCUT2D eigenvalue weighted by atomic mass is 9.93. The number of phenols is 1. The van der Waals surface area contributed by atoms with Crippen molar-refractivity contribution in [3.8, 4) is 5.75 Å². The Bertz CT molecular complexity index is 1670. The van der Waals surface area contributed by atoms with E-state index < -0.39 is 61.6 Å². The molecule has 4 rings (SSSR count). The number of hydrogen-bond acceptors (Lipinski definition) is 7. The van der Waals surface area contributed by atoms with Gasteiger partial charge in [-0.2, -0.15) is 25.3 Å². The van der Waals surface area contributed by atoms with E-state index in [-0.39, 0.29) is 16.2 Å². The van der Waals surface area contributed by atoms with Crippen LogP contribution in [-0.4, -0.2) is 44.0 Å². The van der Waals surface area contributed by atoms with Gasteiger partial charge in [0.05, 0.1) is 0 Å². The molecule has 0 amide bonds. The molecular weight excluding hydrogens is 448 g/mol. The first-order chi connectivity index (χ1) is 13.2. The molecule has 0 saturated carbocycles. The topological polar surface area (TPSA) is 183 Å². The fraction of sp³-hybridized carbons (Fsp3) is 0. The van der Waals surface area contributed by atoms with Gasteiger partial charge in [-0.1, -0.05) is 30.3 Å². The Morgan fingerprint density at radius 3 is 1.76 bits per heavy atom. The van der Waals surface area contributed by atoms with Crippen LogP contribution in [0.2, 0.25) is 0 Å². The maximum absolute atomic E-state index is 12.0. The van der Waals surface area contributed by atoms with E-state index >= 15 is 0 Å². The van der Waals surface area contributed by atoms with Crippen molar-refractivity contribution >= 4 is 62.7 Å². The van der Waals surface area contributed by atoms with Gasteiger partial charge in [-0.15, -0.1) is 0 Å². The minimum absolute atomic E-state index is 0.230. The van der Waals surface area contributed by atoms with Gasteiger partial charge >= 0.3 is 0 Å².